The van der Waals surface area contributed by atoms with Crippen LogP contribution in [0.5, 0.6) is 5.88 Å². The van der Waals surface area contributed by atoms with Crippen LogP contribution in [-0.2, 0) is 4.79 Å². The number of pyridine rings is 1. The maximum absolute atomic E-state index is 12.2. The van der Waals surface area contributed by atoms with E-state index in [1.807, 2.05) is 23.4 Å². The molecular weight excluding hydrogens is 484 g/mol. The van der Waals surface area contributed by atoms with E-state index in [1.165, 1.54) is 16.7 Å². The number of benzene rings is 2. The summed E-state index contributed by atoms with van der Waals surface area (Å²) in [6, 6.07) is 21.1. The summed E-state index contributed by atoms with van der Waals surface area (Å²) < 4.78 is 5.96. The van der Waals surface area contributed by atoms with Gasteiger partial charge in [0.15, 0.2) is 0 Å². The van der Waals surface area contributed by atoms with Crippen molar-refractivity contribution < 1.29 is 9.53 Å². The van der Waals surface area contributed by atoms with Gasteiger partial charge in [-0.3, -0.25) is 9.89 Å². The van der Waals surface area contributed by atoms with E-state index < -0.39 is 0 Å². The van der Waals surface area contributed by atoms with Gasteiger partial charge in [0.05, 0.1) is 18.3 Å². The maximum Gasteiger partial charge on any atom is 0.222 e. The first-order valence-corrected chi connectivity index (χ1v) is 14.3. The topological polar surface area (TPSA) is 71.1 Å². The van der Waals surface area contributed by atoms with Crippen LogP contribution in [0.3, 0.4) is 0 Å². The number of nitrogens with one attached hydrogen (secondary N) is 1. The number of carbonyl (C=O) groups is 1. The van der Waals surface area contributed by atoms with Crippen LogP contribution in [0, 0.1) is 0 Å². The van der Waals surface area contributed by atoms with Gasteiger partial charge in [0, 0.05) is 42.7 Å². The van der Waals surface area contributed by atoms with E-state index in [0.29, 0.717) is 24.8 Å². The number of H-pyrrole nitrogens is 1. The molecule has 1 amide bonds. The van der Waals surface area contributed by atoms with Gasteiger partial charge in [-0.25, -0.2) is 4.98 Å². The Kier molecular flexibility index (Phi) is 9.05. The Labute approximate surface area is 231 Å². The minimum atomic E-state index is 0.324. The van der Waals surface area contributed by atoms with Crippen molar-refractivity contribution in [1.82, 2.24) is 20.1 Å². The fourth-order valence-electron chi connectivity index (χ4n) is 5.42. The number of nitrogens with zero attached hydrogens (tertiary/aromatic N) is 3. The molecule has 4 aromatic rings. The van der Waals surface area contributed by atoms with E-state index in [2.05, 4.69) is 76.7 Å². The van der Waals surface area contributed by atoms with E-state index in [4.69, 9.17) is 4.74 Å². The van der Waals surface area contributed by atoms with Crippen LogP contribution in [0.25, 0.3) is 22.0 Å². The first kappa shape index (κ1) is 26.7. The molecule has 39 heavy (non-hydrogen) atoms. The van der Waals surface area contributed by atoms with Crippen molar-refractivity contribution in [2.75, 3.05) is 19.7 Å². The normalized spacial score (nSPS) is 14.0. The van der Waals surface area contributed by atoms with Gasteiger partial charge in [-0.1, -0.05) is 56.2 Å². The predicted octanol–water partition coefficient (Wildman–Crippen LogP) is 7.28. The molecule has 0 radical (unpaired) electrons. The lowest BCUT2D eigenvalue weighted by Gasteiger charge is -2.16. The second-order valence-corrected chi connectivity index (χ2v) is 10.2. The predicted molar refractivity (Wildman–Crippen MR) is 157 cm³/mol. The summed E-state index contributed by atoms with van der Waals surface area (Å²) >= 11 is 0. The van der Waals surface area contributed by atoms with Crippen LogP contribution in [0.1, 0.15) is 75.0 Å². The van der Waals surface area contributed by atoms with Gasteiger partial charge < -0.3 is 9.64 Å². The molecule has 3 heterocycles. The third-order valence-electron chi connectivity index (χ3n) is 7.53. The molecule has 2 aromatic heterocycles. The van der Waals surface area contributed by atoms with Crippen LogP contribution in [0.2, 0.25) is 0 Å². The van der Waals surface area contributed by atoms with Gasteiger partial charge in [-0.05, 0) is 72.6 Å². The van der Waals surface area contributed by atoms with Crippen LogP contribution >= 0.6 is 0 Å². The van der Waals surface area contributed by atoms with E-state index in [1.54, 1.807) is 0 Å². The summed E-state index contributed by atoms with van der Waals surface area (Å²) in [5, 5.41) is 8.33. The highest BCUT2D eigenvalue weighted by atomic mass is 16.5. The van der Waals surface area contributed by atoms with E-state index in [0.717, 1.165) is 80.1 Å². The van der Waals surface area contributed by atoms with Crippen LogP contribution < -0.4 is 4.74 Å². The first-order valence-electron chi connectivity index (χ1n) is 14.3. The number of hydrogen-bond acceptors (Lipinski definition) is 4. The number of unbranched alkanes of at least 4 members (excludes halogenated alkanes) is 3. The monoisotopic (exact) mass is 522 g/mol. The van der Waals surface area contributed by atoms with Crippen molar-refractivity contribution in [3.8, 4) is 5.88 Å². The van der Waals surface area contributed by atoms with Crippen molar-refractivity contribution >= 4 is 28.0 Å². The molecular formula is C33H38N4O2. The number of rotatable bonds is 12. The molecule has 6 nitrogen and oxygen atoms in total. The highest BCUT2D eigenvalue weighted by molar-refractivity contribution is 6.00. The van der Waals surface area contributed by atoms with Crippen molar-refractivity contribution in [3.05, 3.63) is 89.7 Å². The number of aromatic nitrogens is 3. The van der Waals surface area contributed by atoms with Crippen molar-refractivity contribution in [2.45, 2.75) is 58.3 Å². The summed E-state index contributed by atoms with van der Waals surface area (Å²) in [6.45, 7) is 4.73. The molecule has 1 fully saturated rings. The fraction of sp³-hybridized carbons (Fsp3) is 0.364. The van der Waals surface area contributed by atoms with Gasteiger partial charge >= 0.3 is 0 Å². The Morgan fingerprint density at radius 2 is 1.69 bits per heavy atom. The zero-order valence-electron chi connectivity index (χ0n) is 22.9. The molecule has 1 aliphatic heterocycles. The number of fused-ring (bicyclic) bond motifs is 1. The SMILES string of the molecule is CC/C(=C(/c1ccc(OCCCCCCC(=O)N2CCCC2)nc1)c1ccc2[nH]ncc2c1)c1ccccc1. The smallest absolute Gasteiger partial charge is 0.222 e. The molecule has 0 unspecified atom stereocenters. The Morgan fingerprint density at radius 1 is 0.897 bits per heavy atom. The highest BCUT2D eigenvalue weighted by Gasteiger charge is 2.17. The number of carbonyl (C=O) groups excluding carboxylic acids is 1. The molecule has 0 spiro atoms. The number of hydrogen-bond donors (Lipinski definition) is 1. The lowest BCUT2D eigenvalue weighted by atomic mass is 9.88. The number of amides is 1. The molecule has 5 rings (SSSR count). The standard InChI is InChI=1S/C33H38N4O2/c1-2-29(25-12-6-5-7-13-25)33(26-15-17-30-28(22-26)24-35-36-30)27-16-18-31(34-23-27)39-21-11-4-3-8-14-32(38)37-19-9-10-20-37/h5-7,12-13,15-18,22-24H,2-4,8-11,14,19-21H2,1H3,(H,35,36)/b33-29-. The van der Waals surface area contributed by atoms with Crippen LogP contribution in [-0.4, -0.2) is 45.7 Å². The minimum absolute atomic E-state index is 0.324. The van der Waals surface area contributed by atoms with Crippen LogP contribution in [0.15, 0.2) is 73.1 Å². The fourth-order valence-corrected chi connectivity index (χ4v) is 5.42. The van der Waals surface area contributed by atoms with Crippen LogP contribution in [0.4, 0.5) is 0 Å². The van der Waals surface area contributed by atoms with Crippen molar-refractivity contribution in [3.63, 3.8) is 0 Å². The lowest BCUT2D eigenvalue weighted by Crippen LogP contribution is -2.27. The molecule has 1 saturated heterocycles. The average molecular weight is 523 g/mol. The summed E-state index contributed by atoms with van der Waals surface area (Å²) in [5.41, 5.74) is 6.89. The zero-order valence-corrected chi connectivity index (χ0v) is 22.9. The summed E-state index contributed by atoms with van der Waals surface area (Å²) in [5.74, 6) is 0.968. The Morgan fingerprint density at radius 3 is 2.46 bits per heavy atom. The van der Waals surface area contributed by atoms with Gasteiger partial charge in [-0.15, -0.1) is 0 Å². The molecule has 0 atom stereocenters. The number of ether oxygens (including phenoxy) is 1. The number of aromatic amines is 1. The van der Waals surface area contributed by atoms with Gasteiger partial charge in [0.2, 0.25) is 11.8 Å². The lowest BCUT2D eigenvalue weighted by molar-refractivity contribution is -0.130. The molecule has 1 aliphatic rings. The summed E-state index contributed by atoms with van der Waals surface area (Å²) in [7, 11) is 0. The number of allylic oxidation sites excluding steroid dienone is 1. The van der Waals surface area contributed by atoms with E-state index >= 15 is 0 Å². The molecule has 1 N–H and O–H groups in total. The largest absolute Gasteiger partial charge is 0.478 e. The van der Waals surface area contributed by atoms with Gasteiger partial charge in [0.25, 0.3) is 0 Å². The molecule has 2 aromatic carbocycles. The first-order chi connectivity index (χ1) is 19.2. The number of likely N-dealkylation sites (tertiary alicyclic amines) is 1. The maximum atomic E-state index is 12.2. The summed E-state index contributed by atoms with van der Waals surface area (Å²) in [6.07, 6.45) is 11.7. The van der Waals surface area contributed by atoms with Crippen molar-refractivity contribution in [1.29, 1.82) is 0 Å². The molecule has 0 saturated carbocycles. The van der Waals surface area contributed by atoms with E-state index in [9.17, 15) is 4.79 Å². The van der Waals surface area contributed by atoms with Gasteiger partial charge in [0.1, 0.15) is 0 Å². The third-order valence-corrected chi connectivity index (χ3v) is 7.53. The Balaban J connectivity index is 1.22. The molecule has 6 heteroatoms. The Bertz CT molecular complexity index is 1390. The third kappa shape index (κ3) is 6.75. The highest BCUT2D eigenvalue weighted by Crippen LogP contribution is 2.35. The van der Waals surface area contributed by atoms with E-state index in [-0.39, 0.29) is 0 Å². The molecule has 0 bridgehead atoms. The quantitative estimate of drug-likeness (QED) is 0.157. The second-order valence-electron chi connectivity index (χ2n) is 10.2. The molecule has 0 aliphatic carbocycles. The van der Waals surface area contributed by atoms with Crippen molar-refractivity contribution in [2.24, 2.45) is 0 Å². The molecule has 202 valence electrons. The zero-order chi connectivity index (χ0) is 26.9. The van der Waals surface area contributed by atoms with Gasteiger partial charge in [-0.2, -0.15) is 5.10 Å². The minimum Gasteiger partial charge on any atom is -0.478 e. The average Bonchev–Trinajstić information content (AvgIpc) is 3.69. The Hall–Kier alpha value is -3.93. The second kappa shape index (κ2) is 13.2. The summed E-state index contributed by atoms with van der Waals surface area (Å²) in [4.78, 5) is 18.8.